The molecule has 0 aromatic rings. The molecule has 2 aliphatic rings. The number of unbranched alkanes of at least 4 members (excludes halogenated alkanes) is 12. The van der Waals surface area contributed by atoms with Gasteiger partial charge in [-0.15, -0.1) is 0 Å². The van der Waals surface area contributed by atoms with Crippen molar-refractivity contribution in [3.05, 3.63) is 12.2 Å². The summed E-state index contributed by atoms with van der Waals surface area (Å²) < 4.78 is 0. The van der Waals surface area contributed by atoms with Crippen LogP contribution in [-0.2, 0) is 4.79 Å². The quantitative estimate of drug-likeness (QED) is 0.145. The van der Waals surface area contributed by atoms with Crippen molar-refractivity contribution in [1.29, 1.82) is 0 Å². The molecule has 37 heavy (non-hydrogen) atoms. The number of hydrogen-bond donors (Lipinski definition) is 1. The highest BCUT2D eigenvalue weighted by Gasteiger charge is 2.49. The van der Waals surface area contributed by atoms with Crippen molar-refractivity contribution in [2.45, 2.75) is 174 Å². The maximum Gasteiger partial charge on any atom is 0.306 e. The van der Waals surface area contributed by atoms with E-state index in [9.17, 15) is 9.90 Å². The second-order valence-corrected chi connectivity index (χ2v) is 13.7. The summed E-state index contributed by atoms with van der Waals surface area (Å²) in [6.07, 6.45) is 30.4. The van der Waals surface area contributed by atoms with E-state index in [0.717, 1.165) is 25.7 Å². The molecular weight excluding hydrogens is 454 g/mol. The van der Waals surface area contributed by atoms with E-state index in [0.29, 0.717) is 11.8 Å². The molecular formula is C34H63NO2. The molecule has 1 heterocycles. The van der Waals surface area contributed by atoms with Crippen LogP contribution in [-0.4, -0.2) is 33.6 Å². The first kappa shape index (κ1) is 32.4. The van der Waals surface area contributed by atoms with E-state index in [1.807, 2.05) is 0 Å². The van der Waals surface area contributed by atoms with Crippen LogP contribution in [0, 0.1) is 17.8 Å². The molecule has 0 aromatic carbocycles. The van der Waals surface area contributed by atoms with E-state index in [2.05, 4.69) is 51.7 Å². The van der Waals surface area contributed by atoms with Gasteiger partial charge in [0.15, 0.2) is 0 Å². The number of aliphatic carboxylic acids is 1. The van der Waals surface area contributed by atoms with Crippen LogP contribution in [0.25, 0.3) is 0 Å². The van der Waals surface area contributed by atoms with E-state index in [4.69, 9.17) is 0 Å². The number of piperidine rings is 1. The summed E-state index contributed by atoms with van der Waals surface area (Å²) >= 11 is 0. The van der Waals surface area contributed by atoms with E-state index in [1.54, 1.807) is 0 Å². The van der Waals surface area contributed by atoms with Crippen LogP contribution in [0.4, 0.5) is 0 Å². The van der Waals surface area contributed by atoms with Gasteiger partial charge in [-0.1, -0.05) is 76.9 Å². The van der Waals surface area contributed by atoms with Crippen LogP contribution in [0.15, 0.2) is 12.2 Å². The molecule has 3 nitrogen and oxygen atoms in total. The van der Waals surface area contributed by atoms with Gasteiger partial charge < -0.3 is 5.11 Å². The first-order valence-corrected chi connectivity index (χ1v) is 16.4. The fourth-order valence-electron chi connectivity index (χ4n) is 7.67. The molecule has 1 aliphatic heterocycles. The monoisotopic (exact) mass is 517 g/mol. The smallest absolute Gasteiger partial charge is 0.306 e. The summed E-state index contributed by atoms with van der Waals surface area (Å²) in [6.45, 7) is 13.4. The average molecular weight is 518 g/mol. The van der Waals surface area contributed by atoms with Crippen LogP contribution < -0.4 is 0 Å². The van der Waals surface area contributed by atoms with Gasteiger partial charge >= 0.3 is 5.97 Å². The van der Waals surface area contributed by atoms with E-state index < -0.39 is 5.97 Å². The number of nitrogens with zero attached hydrogens (tertiary/aromatic N) is 1. The number of rotatable bonds is 18. The number of allylic oxidation sites excluding steroid dienone is 2. The number of carboxylic acid groups (broad SMARTS) is 1. The highest BCUT2D eigenvalue weighted by Crippen LogP contribution is 2.49. The predicted octanol–water partition coefficient (Wildman–Crippen LogP) is 10.2. The van der Waals surface area contributed by atoms with Crippen molar-refractivity contribution >= 4 is 5.97 Å². The Labute approximate surface area is 231 Å². The molecule has 1 aliphatic carbocycles. The average Bonchev–Trinajstić information content (AvgIpc) is 2.85. The lowest BCUT2D eigenvalue weighted by molar-refractivity contribution is -0.144. The molecule has 1 saturated heterocycles. The Bertz CT molecular complexity index is 644. The Hall–Kier alpha value is -0.830. The van der Waals surface area contributed by atoms with Gasteiger partial charge in [0.05, 0.1) is 5.92 Å². The number of hydrogen-bond acceptors (Lipinski definition) is 2. The topological polar surface area (TPSA) is 40.5 Å². The number of carboxylic acids is 1. The highest BCUT2D eigenvalue weighted by atomic mass is 16.4. The van der Waals surface area contributed by atoms with Gasteiger partial charge in [0.25, 0.3) is 0 Å². The highest BCUT2D eigenvalue weighted by molar-refractivity contribution is 5.70. The maximum absolute atomic E-state index is 11.4. The van der Waals surface area contributed by atoms with Gasteiger partial charge in [-0.05, 0) is 117 Å². The SMILES string of the molecule is CCCCCCCC/C=C\CCCCCCCCN1C(C)(C)CCC(C2CCC(C(=O)O)CC2)C1(C)C. The van der Waals surface area contributed by atoms with Crippen molar-refractivity contribution in [1.82, 2.24) is 4.90 Å². The molecule has 1 atom stereocenters. The fourth-order valence-corrected chi connectivity index (χ4v) is 7.67. The van der Waals surface area contributed by atoms with Gasteiger partial charge in [-0.2, -0.15) is 0 Å². The summed E-state index contributed by atoms with van der Waals surface area (Å²) in [5.74, 6) is 0.717. The molecule has 1 saturated carbocycles. The van der Waals surface area contributed by atoms with Crippen LogP contribution in [0.5, 0.6) is 0 Å². The van der Waals surface area contributed by atoms with Crippen molar-refractivity contribution in [2.75, 3.05) is 6.54 Å². The summed E-state index contributed by atoms with van der Waals surface area (Å²) in [5, 5.41) is 9.41. The largest absolute Gasteiger partial charge is 0.481 e. The minimum absolute atomic E-state index is 0.100. The lowest BCUT2D eigenvalue weighted by Crippen LogP contribution is -2.63. The zero-order chi connectivity index (χ0) is 27.2. The predicted molar refractivity (Wildman–Crippen MR) is 160 cm³/mol. The Morgan fingerprint density at radius 2 is 1.27 bits per heavy atom. The molecule has 3 heteroatoms. The minimum Gasteiger partial charge on any atom is -0.481 e. The summed E-state index contributed by atoms with van der Waals surface area (Å²) in [5.41, 5.74) is 0.463. The molecule has 0 bridgehead atoms. The van der Waals surface area contributed by atoms with E-state index in [-0.39, 0.29) is 17.0 Å². The fraction of sp³-hybridized carbons (Fsp3) is 0.912. The Balaban J connectivity index is 1.60. The standard InChI is InChI=1S/C34H63NO2/c1-6-7-8-9-10-11-12-13-14-15-16-17-18-19-20-21-28-35-33(2,3)27-26-31(34(35,4)5)29-22-24-30(25-23-29)32(36)37/h13-14,29-31H,6-12,15-28H2,1-5H3,(H,36,37)/b14-13-. The molecule has 1 unspecified atom stereocenters. The molecule has 0 amide bonds. The number of likely N-dealkylation sites (tertiary alicyclic amines) is 1. The third-order valence-corrected chi connectivity index (χ3v) is 9.98. The molecule has 2 fully saturated rings. The molecule has 0 aromatic heterocycles. The van der Waals surface area contributed by atoms with Crippen LogP contribution in [0.2, 0.25) is 0 Å². The van der Waals surface area contributed by atoms with Crippen molar-refractivity contribution < 1.29 is 9.90 Å². The third-order valence-electron chi connectivity index (χ3n) is 9.98. The molecule has 216 valence electrons. The molecule has 0 spiro atoms. The van der Waals surface area contributed by atoms with E-state index in [1.165, 1.54) is 109 Å². The van der Waals surface area contributed by atoms with Crippen molar-refractivity contribution in [3.8, 4) is 0 Å². The van der Waals surface area contributed by atoms with Crippen LogP contribution in [0.1, 0.15) is 163 Å². The Morgan fingerprint density at radius 1 is 0.757 bits per heavy atom. The Kier molecular flexibility index (Phi) is 14.9. The summed E-state index contributed by atoms with van der Waals surface area (Å²) in [4.78, 5) is 14.3. The zero-order valence-corrected chi connectivity index (χ0v) is 25.5. The second-order valence-electron chi connectivity index (χ2n) is 13.7. The first-order chi connectivity index (χ1) is 17.7. The third kappa shape index (κ3) is 11.1. The molecule has 2 rings (SSSR count). The van der Waals surface area contributed by atoms with Gasteiger partial charge in [-0.3, -0.25) is 9.69 Å². The first-order valence-electron chi connectivity index (χ1n) is 16.4. The van der Waals surface area contributed by atoms with Gasteiger partial charge in [0.2, 0.25) is 0 Å². The Morgan fingerprint density at radius 3 is 1.81 bits per heavy atom. The van der Waals surface area contributed by atoms with E-state index >= 15 is 0 Å². The molecule has 1 N–H and O–H groups in total. The van der Waals surface area contributed by atoms with Gasteiger partial charge in [0.1, 0.15) is 0 Å². The minimum atomic E-state index is -0.580. The second kappa shape index (κ2) is 17.0. The maximum atomic E-state index is 11.4. The lowest BCUT2D eigenvalue weighted by Gasteiger charge is -2.59. The summed E-state index contributed by atoms with van der Waals surface area (Å²) in [6, 6.07) is 0. The van der Waals surface area contributed by atoms with Gasteiger partial charge in [-0.25, -0.2) is 0 Å². The van der Waals surface area contributed by atoms with Gasteiger partial charge in [0, 0.05) is 11.1 Å². The normalized spacial score (nSPS) is 26.0. The zero-order valence-electron chi connectivity index (χ0n) is 25.5. The summed E-state index contributed by atoms with van der Waals surface area (Å²) in [7, 11) is 0. The van der Waals surface area contributed by atoms with Crippen LogP contribution >= 0.6 is 0 Å². The van der Waals surface area contributed by atoms with Crippen molar-refractivity contribution in [3.63, 3.8) is 0 Å². The number of carbonyl (C=O) groups is 1. The molecule has 0 radical (unpaired) electrons. The van der Waals surface area contributed by atoms with Crippen molar-refractivity contribution in [2.24, 2.45) is 17.8 Å². The lowest BCUT2D eigenvalue weighted by atomic mass is 9.63. The van der Waals surface area contributed by atoms with Crippen LogP contribution in [0.3, 0.4) is 0 Å².